The largest absolute Gasteiger partial charge is 1.00 e. The maximum absolute atomic E-state index is 14.9. The summed E-state index contributed by atoms with van der Waals surface area (Å²) < 4.78 is 31.0. The Hall–Kier alpha value is -4.88. The number of carboxylic acid groups (broad SMARTS) is 2. The zero-order chi connectivity index (χ0) is 54.1. The van der Waals surface area contributed by atoms with Crippen molar-refractivity contribution in [2.45, 2.75) is 110 Å². The van der Waals surface area contributed by atoms with Gasteiger partial charge in [-0.25, -0.2) is 8.78 Å². The number of aliphatic hydroxyl groups is 1. The van der Waals surface area contributed by atoms with Gasteiger partial charge < -0.3 is 73.6 Å². The number of nitrogens with zero attached hydrogens (tertiary/aromatic N) is 2. The van der Waals surface area contributed by atoms with E-state index in [0.717, 1.165) is 36.3 Å². The number of likely N-dealkylation sites (N-methyl/N-ethyl adjacent to an activating group) is 1. The van der Waals surface area contributed by atoms with Crippen LogP contribution in [-0.2, 0) is 62.3 Å². The Bertz CT molecular complexity index is 2140. The van der Waals surface area contributed by atoms with Crippen molar-refractivity contribution in [2.75, 3.05) is 39.8 Å². The number of aldehydes is 2. The van der Waals surface area contributed by atoms with E-state index >= 15 is 0 Å². The molecule has 8 N–H and O–H groups in total. The molecule has 394 valence electrons. The van der Waals surface area contributed by atoms with Gasteiger partial charge in [0, 0.05) is 80.9 Å². The molecule has 0 fully saturated rings. The molecule has 0 spiro atoms. The maximum atomic E-state index is 14.9. The smallest absolute Gasteiger partial charge is 0.778 e. The SMILES string of the molecule is CC.CC(CCC(=O)O)NC(=O)CNC(=O)CC([S-])C(=O)O.CNC(CCN(C(=O)CO)C(c1cc(-c2cc(F)ccc2F)cn1Cc1ccccc1)C(C)(C)C)C(=O)NCCNC=O.O=CCCC=O.[K+]. The molecule has 0 bridgehead atoms. The number of hydrogen-bond donors (Lipinski definition) is 8. The molecule has 2 aromatic carbocycles. The Labute approximate surface area is 468 Å². The third kappa shape index (κ3) is 27.8. The van der Waals surface area contributed by atoms with Crippen LogP contribution in [-0.4, -0.2) is 137 Å². The van der Waals surface area contributed by atoms with Crippen molar-refractivity contribution in [1.29, 1.82) is 0 Å². The van der Waals surface area contributed by atoms with Gasteiger partial charge in [0.15, 0.2) is 0 Å². The van der Waals surface area contributed by atoms with Gasteiger partial charge in [0.05, 0.1) is 18.6 Å². The van der Waals surface area contributed by atoms with Gasteiger partial charge in [-0.05, 0) is 62.1 Å². The second-order valence-electron chi connectivity index (χ2n) is 16.5. The molecule has 1 heterocycles. The molecule has 0 saturated carbocycles. The first kappa shape index (κ1) is 69.2. The zero-order valence-electron chi connectivity index (χ0n) is 42.4. The molecule has 1 aromatic heterocycles. The van der Waals surface area contributed by atoms with Crippen molar-refractivity contribution < 1.29 is 119 Å². The van der Waals surface area contributed by atoms with E-state index < -0.39 is 70.7 Å². The van der Waals surface area contributed by atoms with Crippen LogP contribution < -0.4 is 78.0 Å². The van der Waals surface area contributed by atoms with Gasteiger partial charge in [0.25, 0.3) is 5.97 Å². The van der Waals surface area contributed by atoms with E-state index in [4.69, 9.17) is 10.2 Å². The molecule has 0 aliphatic carbocycles. The number of nitrogens with one attached hydrogen (secondary N) is 5. The minimum atomic E-state index is -1.26. The number of hydrogen-bond acceptors (Lipinski definition) is 12. The van der Waals surface area contributed by atoms with Crippen molar-refractivity contribution in [1.82, 2.24) is 36.1 Å². The van der Waals surface area contributed by atoms with E-state index in [0.29, 0.717) is 37.1 Å². The van der Waals surface area contributed by atoms with E-state index in [2.05, 4.69) is 39.2 Å². The quantitative estimate of drug-likeness (QED) is 0.0221. The average molecular weight is 1060 g/mol. The number of unbranched alkanes of at least 4 members (excludes halogenated alkanes) is 1. The molecule has 5 amide bonds. The minimum absolute atomic E-state index is 0. The standard InChI is InChI=1S/C32H41F2N5O4.C11H18N2O6S.C4H6O2.C2H6.K/c1-32(2,3)30(39(29(42)20-40)15-12-27(35-4)31(43)37-14-13-36-21-41)28-16-23(25-17-24(33)10-11-26(25)34)19-38(28)18-22-8-6-5-7-9-22;1-6(2-3-10(16)17)13-9(15)5-12-8(14)4-7(20)11(18)19;5-3-1-2-4-6;1-2;/h5-11,16-17,19,21,27,30,35,40H,12-15,18,20H2,1-4H3,(H,36,41)(H,37,43);6-7,20H,2-5H2,1H3,(H,12,14)(H,13,15)(H,16,17)(H,18,19);3-4H,1-2H2;1-2H3;/q;;;;+1/p-1. The third-order valence-corrected chi connectivity index (χ3v) is 10.3. The summed E-state index contributed by atoms with van der Waals surface area (Å²) in [5.74, 6) is -5.30. The molecule has 72 heavy (non-hydrogen) atoms. The minimum Gasteiger partial charge on any atom is -0.778 e. The Morgan fingerprint density at radius 1 is 0.875 bits per heavy atom. The van der Waals surface area contributed by atoms with Gasteiger partial charge in [-0.2, -0.15) is 0 Å². The molecule has 23 heteroatoms. The molecule has 3 aromatic rings. The third-order valence-electron chi connectivity index (χ3n) is 9.90. The van der Waals surface area contributed by atoms with Crippen LogP contribution in [0.3, 0.4) is 0 Å². The summed E-state index contributed by atoms with van der Waals surface area (Å²) in [5, 5.41) is 38.7. The monoisotopic (exact) mass is 1060 g/mol. The Morgan fingerprint density at radius 2 is 1.50 bits per heavy atom. The van der Waals surface area contributed by atoms with Gasteiger partial charge in [-0.3, -0.25) is 33.6 Å². The fourth-order valence-corrected chi connectivity index (χ4v) is 6.75. The number of benzene rings is 2. The van der Waals surface area contributed by atoms with E-state index in [9.17, 15) is 57.0 Å². The molecule has 4 unspecified atom stereocenters. The van der Waals surface area contributed by atoms with Crippen LogP contribution >= 0.6 is 0 Å². The molecule has 4 atom stereocenters. The molecule has 0 aliphatic heterocycles. The maximum Gasteiger partial charge on any atom is 1.00 e. The first-order chi connectivity index (χ1) is 33.6. The Morgan fingerprint density at radius 3 is 2.03 bits per heavy atom. The van der Waals surface area contributed by atoms with Crippen LogP contribution in [0.2, 0.25) is 0 Å². The van der Waals surface area contributed by atoms with Crippen LogP contribution in [0.1, 0.15) is 97.4 Å². The summed E-state index contributed by atoms with van der Waals surface area (Å²) in [6.07, 6.45) is 4.55. The van der Waals surface area contributed by atoms with Crippen molar-refractivity contribution in [2.24, 2.45) is 5.41 Å². The average Bonchev–Trinajstić information content (AvgIpc) is 3.73. The Kier molecular flexibility index (Phi) is 37.2. The molecule has 3 rings (SSSR count). The van der Waals surface area contributed by atoms with Crippen LogP contribution in [0.5, 0.6) is 0 Å². The van der Waals surface area contributed by atoms with Crippen LogP contribution in [0.25, 0.3) is 11.1 Å². The molecular formula is C49H70F2KN7O12S. The van der Waals surface area contributed by atoms with Crippen molar-refractivity contribution in [3.63, 3.8) is 0 Å². The summed E-state index contributed by atoms with van der Waals surface area (Å²) >= 11 is 4.53. The number of aliphatic hydroxyl groups excluding tert-OH is 1. The van der Waals surface area contributed by atoms with Crippen LogP contribution in [0.4, 0.5) is 8.78 Å². The summed E-state index contributed by atoms with van der Waals surface area (Å²) in [4.78, 5) is 100. The topological polar surface area (TPSA) is 283 Å². The summed E-state index contributed by atoms with van der Waals surface area (Å²) in [7, 11) is 1.64. The zero-order valence-corrected chi connectivity index (χ0v) is 46.3. The number of rotatable bonds is 27. The van der Waals surface area contributed by atoms with Crippen molar-refractivity contribution in [3.05, 3.63) is 83.7 Å². The Balaban J connectivity index is 0. The number of aromatic nitrogens is 1. The summed E-state index contributed by atoms with van der Waals surface area (Å²) in [5.41, 5.74) is 1.60. The van der Waals surface area contributed by atoms with E-state index in [-0.39, 0.29) is 121 Å². The number of amides is 5. The number of carbonyl (C=O) groups excluding carboxylic acids is 7. The molecule has 0 aliphatic rings. The summed E-state index contributed by atoms with van der Waals surface area (Å²) in [6.45, 7) is 11.5. The normalized spacial score (nSPS) is 12.0. The van der Waals surface area contributed by atoms with Gasteiger partial charge in [0.1, 0.15) is 30.8 Å². The van der Waals surface area contributed by atoms with E-state index in [1.165, 1.54) is 0 Å². The molecule has 0 saturated heterocycles. The first-order valence-corrected chi connectivity index (χ1v) is 23.4. The number of aliphatic carboxylic acids is 2. The number of carbonyl (C=O) groups is 9. The van der Waals surface area contributed by atoms with Gasteiger partial charge in [0.2, 0.25) is 30.0 Å². The first-order valence-electron chi connectivity index (χ1n) is 22.9. The van der Waals surface area contributed by atoms with Crippen molar-refractivity contribution in [3.8, 4) is 11.1 Å². The van der Waals surface area contributed by atoms with Gasteiger partial charge >= 0.3 is 57.4 Å². The van der Waals surface area contributed by atoms with Gasteiger partial charge in [-0.1, -0.05) is 70.2 Å². The van der Waals surface area contributed by atoms with E-state index in [1.807, 2.05) is 69.5 Å². The predicted molar refractivity (Wildman–Crippen MR) is 264 cm³/mol. The fourth-order valence-electron chi connectivity index (χ4n) is 6.60. The molecule has 19 nitrogen and oxygen atoms in total. The molecular weight excluding hydrogens is 988 g/mol. The summed E-state index contributed by atoms with van der Waals surface area (Å²) in [6, 6.07) is 13.1. The van der Waals surface area contributed by atoms with Crippen LogP contribution in [0, 0.1) is 17.0 Å². The number of halogens is 2. The fraction of sp³-hybridized carbons (Fsp3) is 0.490. The van der Waals surface area contributed by atoms with Crippen LogP contribution in [0.15, 0.2) is 60.8 Å². The predicted octanol–water partition coefficient (Wildman–Crippen LogP) is 0.287. The second-order valence-corrected chi connectivity index (χ2v) is 17.1. The molecule has 0 radical (unpaired) electrons. The van der Waals surface area contributed by atoms with E-state index in [1.54, 1.807) is 31.1 Å². The number of carboxylic acids is 2. The van der Waals surface area contributed by atoms with Gasteiger partial charge in [-0.15, -0.1) is 0 Å². The second kappa shape index (κ2) is 38.7. The van der Waals surface area contributed by atoms with Crippen molar-refractivity contribution >= 4 is 67.2 Å².